The molecule has 5 heteroatoms. The molecule has 2 heterocycles. The predicted octanol–water partition coefficient (Wildman–Crippen LogP) is 2.64. The smallest absolute Gasteiger partial charge is 0.128 e. The summed E-state index contributed by atoms with van der Waals surface area (Å²) in [6.07, 6.45) is 1.85. The fourth-order valence-corrected chi connectivity index (χ4v) is 2.81. The molecule has 0 saturated carbocycles. The lowest BCUT2D eigenvalue weighted by molar-refractivity contribution is 0.249. The topological polar surface area (TPSA) is 45.4 Å². The molecule has 0 radical (unpaired) electrons. The van der Waals surface area contributed by atoms with Crippen molar-refractivity contribution in [2.75, 3.05) is 36.8 Å². The zero-order valence-electron chi connectivity index (χ0n) is 11.9. The molecule has 0 amide bonds. The number of benzene rings is 1. The van der Waals surface area contributed by atoms with E-state index in [1.165, 1.54) is 5.56 Å². The third-order valence-corrected chi connectivity index (χ3v) is 4.14. The number of halogens is 1. The molecule has 2 N–H and O–H groups in total. The van der Waals surface area contributed by atoms with Crippen LogP contribution in [-0.2, 0) is 6.54 Å². The summed E-state index contributed by atoms with van der Waals surface area (Å²) in [5.41, 5.74) is 7.59. The Morgan fingerprint density at radius 1 is 1.10 bits per heavy atom. The van der Waals surface area contributed by atoms with Gasteiger partial charge in [0.05, 0.1) is 10.7 Å². The van der Waals surface area contributed by atoms with Gasteiger partial charge in [0.15, 0.2) is 0 Å². The van der Waals surface area contributed by atoms with E-state index in [1.54, 1.807) is 0 Å². The predicted molar refractivity (Wildman–Crippen MR) is 87.6 cm³/mol. The van der Waals surface area contributed by atoms with Crippen molar-refractivity contribution < 1.29 is 0 Å². The van der Waals surface area contributed by atoms with Gasteiger partial charge in [0.25, 0.3) is 0 Å². The second-order valence-corrected chi connectivity index (χ2v) is 5.71. The number of anilines is 2. The molecule has 1 aromatic carbocycles. The molecule has 0 unspecified atom stereocenters. The number of rotatable bonds is 3. The summed E-state index contributed by atoms with van der Waals surface area (Å²) >= 11 is 6.07. The van der Waals surface area contributed by atoms with Crippen LogP contribution in [0, 0.1) is 0 Å². The lowest BCUT2D eigenvalue weighted by atomic mass is 10.2. The molecule has 1 fully saturated rings. The van der Waals surface area contributed by atoms with Crippen molar-refractivity contribution >= 4 is 23.1 Å². The normalized spacial score (nSPS) is 16.1. The maximum Gasteiger partial charge on any atom is 0.128 e. The van der Waals surface area contributed by atoms with Crippen LogP contribution in [0.15, 0.2) is 42.6 Å². The second-order valence-electron chi connectivity index (χ2n) is 5.31. The average molecular weight is 303 g/mol. The Balaban J connectivity index is 1.57. The molecule has 1 aliphatic rings. The first-order chi connectivity index (χ1) is 10.2. The number of nitrogen functional groups attached to an aromatic ring is 1. The molecule has 4 nitrogen and oxygen atoms in total. The summed E-state index contributed by atoms with van der Waals surface area (Å²) in [4.78, 5) is 9.17. The first kappa shape index (κ1) is 14.2. The van der Waals surface area contributed by atoms with Crippen molar-refractivity contribution in [3.63, 3.8) is 0 Å². The van der Waals surface area contributed by atoms with Gasteiger partial charge in [0.1, 0.15) is 5.82 Å². The number of piperazine rings is 1. The highest BCUT2D eigenvalue weighted by atomic mass is 35.5. The van der Waals surface area contributed by atoms with Gasteiger partial charge in [-0.25, -0.2) is 4.98 Å². The molecule has 0 atom stereocenters. The Hall–Kier alpha value is -1.78. The maximum absolute atomic E-state index is 6.07. The van der Waals surface area contributed by atoms with Gasteiger partial charge in [-0.3, -0.25) is 4.90 Å². The average Bonchev–Trinajstić information content (AvgIpc) is 2.53. The molecule has 2 aromatic rings. The molecule has 1 aliphatic heterocycles. The maximum atomic E-state index is 6.07. The van der Waals surface area contributed by atoms with E-state index in [2.05, 4.69) is 20.9 Å². The van der Waals surface area contributed by atoms with Crippen LogP contribution in [0.25, 0.3) is 0 Å². The Kier molecular flexibility index (Phi) is 4.27. The standard InChI is InChI=1S/C16H19ClN4/c17-14-11-13(4-5-15(14)18)12-20-7-9-21(10-8-20)16-3-1-2-6-19-16/h1-6,11H,7-10,12,18H2. The van der Waals surface area contributed by atoms with Crippen LogP contribution in [0.3, 0.4) is 0 Å². The number of nitrogens with zero attached hydrogens (tertiary/aromatic N) is 3. The molecule has 0 aliphatic carbocycles. The van der Waals surface area contributed by atoms with Crippen molar-refractivity contribution in [1.82, 2.24) is 9.88 Å². The third-order valence-electron chi connectivity index (χ3n) is 3.82. The summed E-state index contributed by atoms with van der Waals surface area (Å²) < 4.78 is 0. The van der Waals surface area contributed by atoms with Crippen LogP contribution < -0.4 is 10.6 Å². The van der Waals surface area contributed by atoms with Crippen LogP contribution in [0.4, 0.5) is 11.5 Å². The summed E-state index contributed by atoms with van der Waals surface area (Å²) in [6, 6.07) is 11.9. The zero-order chi connectivity index (χ0) is 14.7. The van der Waals surface area contributed by atoms with Crippen molar-refractivity contribution in [1.29, 1.82) is 0 Å². The van der Waals surface area contributed by atoms with E-state index in [4.69, 9.17) is 17.3 Å². The highest BCUT2D eigenvalue weighted by molar-refractivity contribution is 6.33. The van der Waals surface area contributed by atoms with Crippen LogP contribution in [0.1, 0.15) is 5.56 Å². The molecule has 0 spiro atoms. The zero-order valence-corrected chi connectivity index (χ0v) is 12.6. The van der Waals surface area contributed by atoms with E-state index in [1.807, 2.05) is 36.5 Å². The molecular formula is C16H19ClN4. The van der Waals surface area contributed by atoms with E-state index in [-0.39, 0.29) is 0 Å². The van der Waals surface area contributed by atoms with Gasteiger partial charge in [-0.1, -0.05) is 23.7 Å². The molecule has 110 valence electrons. The van der Waals surface area contributed by atoms with Gasteiger partial charge in [-0.05, 0) is 29.8 Å². The molecule has 1 saturated heterocycles. The van der Waals surface area contributed by atoms with E-state index >= 15 is 0 Å². The first-order valence-electron chi connectivity index (χ1n) is 7.14. The Labute approximate surface area is 130 Å². The second kappa shape index (κ2) is 6.33. The minimum Gasteiger partial charge on any atom is -0.398 e. The SMILES string of the molecule is Nc1ccc(CN2CCN(c3ccccn3)CC2)cc1Cl. The van der Waals surface area contributed by atoms with E-state index in [0.717, 1.165) is 38.5 Å². The Morgan fingerprint density at radius 2 is 1.90 bits per heavy atom. The van der Waals surface area contributed by atoms with Crippen molar-refractivity contribution in [3.8, 4) is 0 Å². The van der Waals surface area contributed by atoms with Gasteiger partial charge in [-0.2, -0.15) is 0 Å². The molecule has 3 rings (SSSR count). The van der Waals surface area contributed by atoms with Crippen molar-refractivity contribution in [3.05, 3.63) is 53.2 Å². The monoisotopic (exact) mass is 302 g/mol. The summed E-state index contributed by atoms with van der Waals surface area (Å²) in [6.45, 7) is 4.96. The summed E-state index contributed by atoms with van der Waals surface area (Å²) in [5.74, 6) is 1.06. The Bertz CT molecular complexity index is 594. The van der Waals surface area contributed by atoms with Gasteiger partial charge in [0.2, 0.25) is 0 Å². The van der Waals surface area contributed by atoms with Crippen LogP contribution in [0.2, 0.25) is 5.02 Å². The van der Waals surface area contributed by atoms with E-state index in [0.29, 0.717) is 10.7 Å². The van der Waals surface area contributed by atoms with Crippen LogP contribution in [0.5, 0.6) is 0 Å². The number of hydrogen-bond acceptors (Lipinski definition) is 4. The third kappa shape index (κ3) is 3.46. The van der Waals surface area contributed by atoms with Crippen LogP contribution >= 0.6 is 11.6 Å². The van der Waals surface area contributed by atoms with Gasteiger partial charge in [0, 0.05) is 38.9 Å². The fraction of sp³-hybridized carbons (Fsp3) is 0.312. The number of aromatic nitrogens is 1. The molecule has 1 aromatic heterocycles. The number of nitrogens with two attached hydrogens (primary N) is 1. The highest BCUT2D eigenvalue weighted by Crippen LogP contribution is 2.21. The van der Waals surface area contributed by atoms with E-state index in [9.17, 15) is 0 Å². The van der Waals surface area contributed by atoms with Crippen LogP contribution in [-0.4, -0.2) is 36.1 Å². The molecule has 21 heavy (non-hydrogen) atoms. The van der Waals surface area contributed by atoms with Crippen molar-refractivity contribution in [2.24, 2.45) is 0 Å². The molecule has 0 bridgehead atoms. The number of hydrogen-bond donors (Lipinski definition) is 1. The lowest BCUT2D eigenvalue weighted by Crippen LogP contribution is -2.46. The first-order valence-corrected chi connectivity index (χ1v) is 7.52. The minimum absolute atomic E-state index is 0.639. The largest absolute Gasteiger partial charge is 0.398 e. The minimum atomic E-state index is 0.639. The fourth-order valence-electron chi connectivity index (χ4n) is 2.60. The van der Waals surface area contributed by atoms with Crippen molar-refractivity contribution in [2.45, 2.75) is 6.54 Å². The lowest BCUT2D eigenvalue weighted by Gasteiger charge is -2.35. The summed E-state index contributed by atoms with van der Waals surface area (Å²) in [5, 5.41) is 0.639. The highest BCUT2D eigenvalue weighted by Gasteiger charge is 2.17. The molecular weight excluding hydrogens is 284 g/mol. The van der Waals surface area contributed by atoms with Gasteiger partial charge >= 0.3 is 0 Å². The Morgan fingerprint density at radius 3 is 2.57 bits per heavy atom. The number of pyridine rings is 1. The van der Waals surface area contributed by atoms with Gasteiger partial charge in [-0.15, -0.1) is 0 Å². The van der Waals surface area contributed by atoms with Gasteiger partial charge < -0.3 is 10.6 Å². The van der Waals surface area contributed by atoms with E-state index < -0.39 is 0 Å². The quantitative estimate of drug-likeness (QED) is 0.885. The summed E-state index contributed by atoms with van der Waals surface area (Å²) in [7, 11) is 0.